The number of hydrogen-bond acceptors (Lipinski definition) is 8. The maximum Gasteiger partial charge on any atom is 0.306 e. The highest BCUT2D eigenvalue weighted by Gasteiger charge is 2.22. The van der Waals surface area contributed by atoms with Crippen LogP contribution in [0.15, 0.2) is 97.2 Å². The predicted octanol–water partition coefficient (Wildman–Crippen LogP) is 19.0. The lowest BCUT2D eigenvalue weighted by atomic mass is 10.0. The molecule has 0 aliphatic carbocycles. The Bertz CT molecular complexity index is 1600. The van der Waals surface area contributed by atoms with Gasteiger partial charge in [-0.1, -0.05) is 246 Å². The van der Waals surface area contributed by atoms with Crippen LogP contribution in [0.1, 0.15) is 258 Å². The molecule has 2 atom stereocenters. The van der Waals surface area contributed by atoms with Crippen molar-refractivity contribution in [3.8, 4) is 0 Å². The number of carbonyl (C=O) groups excluding carboxylic acids is 2. The highest BCUT2D eigenvalue weighted by Crippen LogP contribution is 2.38. The molecule has 0 saturated carbocycles. The van der Waals surface area contributed by atoms with E-state index in [-0.39, 0.29) is 26.1 Å². The minimum Gasteiger partial charge on any atom is -0.756 e. The fraction of sp³-hybridized carbons (Fsp3) is 0.727. The monoisotopic (exact) mass is 1080 g/mol. The van der Waals surface area contributed by atoms with Gasteiger partial charge in [0.05, 0.1) is 27.7 Å². The summed E-state index contributed by atoms with van der Waals surface area (Å²) in [4.78, 5) is 37.9. The summed E-state index contributed by atoms with van der Waals surface area (Å²) in [5.74, 6) is -0.845. The number of esters is 2. The Morgan fingerprint density at radius 3 is 1.12 bits per heavy atom. The van der Waals surface area contributed by atoms with Gasteiger partial charge >= 0.3 is 11.9 Å². The van der Waals surface area contributed by atoms with Crippen molar-refractivity contribution >= 4 is 19.8 Å². The van der Waals surface area contributed by atoms with Gasteiger partial charge in [-0.15, -0.1) is 0 Å². The van der Waals surface area contributed by atoms with Gasteiger partial charge in [0.2, 0.25) is 0 Å². The van der Waals surface area contributed by atoms with E-state index in [4.69, 9.17) is 18.5 Å². The average molecular weight is 1080 g/mol. The molecule has 76 heavy (non-hydrogen) atoms. The number of phosphoric acid groups is 1. The van der Waals surface area contributed by atoms with Crippen LogP contribution in [0.4, 0.5) is 0 Å². The molecule has 0 N–H and O–H groups in total. The van der Waals surface area contributed by atoms with Gasteiger partial charge in [-0.3, -0.25) is 14.2 Å². The second-order valence-corrected chi connectivity index (χ2v) is 23.1. The number of rotatable bonds is 56. The molecule has 0 saturated heterocycles. The normalized spacial score (nSPS) is 13.9. The summed E-state index contributed by atoms with van der Waals surface area (Å²) in [6, 6.07) is 0. The molecular weight excluding hydrogens is 966 g/mol. The Morgan fingerprint density at radius 2 is 0.750 bits per heavy atom. The molecule has 0 rings (SSSR count). The van der Waals surface area contributed by atoms with E-state index in [1.807, 2.05) is 21.1 Å². The number of carbonyl (C=O) groups is 2. The molecule has 0 aromatic carbocycles. The smallest absolute Gasteiger partial charge is 0.306 e. The lowest BCUT2D eigenvalue weighted by Crippen LogP contribution is -2.37. The second-order valence-electron chi connectivity index (χ2n) is 21.7. The lowest BCUT2D eigenvalue weighted by Gasteiger charge is -2.28. The molecule has 10 heteroatoms. The summed E-state index contributed by atoms with van der Waals surface area (Å²) in [6.45, 7) is 4.09. The van der Waals surface area contributed by atoms with Gasteiger partial charge < -0.3 is 27.9 Å². The van der Waals surface area contributed by atoms with Crippen molar-refractivity contribution in [1.29, 1.82) is 0 Å². The zero-order valence-electron chi connectivity index (χ0n) is 49.7. The number of hydrogen-bond donors (Lipinski definition) is 0. The maximum atomic E-state index is 12.8. The third kappa shape index (κ3) is 60.2. The summed E-state index contributed by atoms with van der Waals surface area (Å²) in [7, 11) is 1.15. The Labute approximate surface area is 468 Å². The molecule has 0 aromatic heterocycles. The first-order valence-corrected chi connectivity index (χ1v) is 32.4. The van der Waals surface area contributed by atoms with Crippen molar-refractivity contribution in [2.45, 2.75) is 264 Å². The average Bonchev–Trinajstić information content (AvgIpc) is 3.38. The first kappa shape index (κ1) is 72.9. The Kier molecular flexibility index (Phi) is 54.4. The van der Waals surface area contributed by atoms with Crippen LogP contribution < -0.4 is 4.89 Å². The van der Waals surface area contributed by atoms with E-state index in [9.17, 15) is 19.0 Å². The summed E-state index contributed by atoms with van der Waals surface area (Å²) in [6.07, 6.45) is 77.5. The third-order valence-electron chi connectivity index (χ3n) is 13.1. The quantitative estimate of drug-likeness (QED) is 0.0195. The van der Waals surface area contributed by atoms with E-state index in [1.165, 1.54) is 128 Å². The third-order valence-corrected chi connectivity index (χ3v) is 14.1. The number of unbranched alkanes of at least 4 members (excludes halogenated alkanes) is 26. The predicted molar refractivity (Wildman–Crippen MR) is 323 cm³/mol. The maximum absolute atomic E-state index is 12.8. The molecule has 0 aliphatic rings. The fourth-order valence-corrected chi connectivity index (χ4v) is 9.07. The van der Waals surface area contributed by atoms with E-state index in [0.29, 0.717) is 23.9 Å². The minimum absolute atomic E-state index is 0.0361. The Balaban J connectivity index is 4.09. The van der Waals surface area contributed by atoms with Crippen molar-refractivity contribution in [3.63, 3.8) is 0 Å². The summed E-state index contributed by atoms with van der Waals surface area (Å²) >= 11 is 0. The molecule has 0 fully saturated rings. The second kappa shape index (κ2) is 56.6. The highest BCUT2D eigenvalue weighted by molar-refractivity contribution is 7.45. The van der Waals surface area contributed by atoms with E-state index < -0.39 is 32.5 Å². The first-order valence-electron chi connectivity index (χ1n) is 30.9. The van der Waals surface area contributed by atoms with E-state index >= 15 is 0 Å². The molecule has 0 heterocycles. The van der Waals surface area contributed by atoms with E-state index in [1.54, 1.807) is 0 Å². The van der Waals surface area contributed by atoms with Crippen LogP contribution in [0.5, 0.6) is 0 Å². The van der Waals surface area contributed by atoms with Crippen LogP contribution in [0, 0.1) is 0 Å². The molecule has 0 aromatic rings. The van der Waals surface area contributed by atoms with Crippen molar-refractivity contribution in [2.24, 2.45) is 0 Å². The number of quaternary nitrogens is 1. The van der Waals surface area contributed by atoms with Crippen LogP contribution in [-0.4, -0.2) is 70.0 Å². The molecule has 0 aliphatic heterocycles. The zero-order valence-corrected chi connectivity index (χ0v) is 50.6. The summed E-state index contributed by atoms with van der Waals surface area (Å²) < 4.78 is 34.2. The number of ether oxygens (including phenoxy) is 2. The molecule has 9 nitrogen and oxygen atoms in total. The van der Waals surface area contributed by atoms with Gasteiger partial charge in [-0.25, -0.2) is 0 Å². The van der Waals surface area contributed by atoms with Gasteiger partial charge in [-0.05, 0) is 96.3 Å². The van der Waals surface area contributed by atoms with Crippen molar-refractivity contribution in [1.82, 2.24) is 0 Å². The van der Waals surface area contributed by atoms with Crippen LogP contribution in [0.25, 0.3) is 0 Å². The molecule has 438 valence electrons. The van der Waals surface area contributed by atoms with E-state index in [0.717, 1.165) is 89.9 Å². The first-order chi connectivity index (χ1) is 37.0. The SMILES string of the molecule is CC/C=C\C/C=C\C/C=C\C/C=C\C/C=C\CCCCCCCCCCCCCCCCCCCC(=O)OC(COC(=O)CCCCCCCC/C=C\C/C=C\C/C=C\CCCCC)COP(=O)([O-])OCC[N+](C)(C)C. The fourth-order valence-electron chi connectivity index (χ4n) is 8.34. The minimum atomic E-state index is -4.64. The highest BCUT2D eigenvalue weighted by atomic mass is 31.2. The molecule has 0 amide bonds. The lowest BCUT2D eigenvalue weighted by molar-refractivity contribution is -0.870. The van der Waals surface area contributed by atoms with Crippen LogP contribution in [0.2, 0.25) is 0 Å². The summed E-state index contributed by atoms with van der Waals surface area (Å²) in [5, 5.41) is 0. The van der Waals surface area contributed by atoms with Gasteiger partial charge in [0.1, 0.15) is 19.8 Å². The number of nitrogens with zero attached hydrogens (tertiary/aromatic N) is 1. The standard InChI is InChI=1S/C66H116NO8P/c1-6-8-10-12-14-16-18-20-22-24-26-27-28-29-30-31-32-33-34-35-36-37-38-39-41-43-45-47-49-51-53-55-57-59-66(69)75-64(63-74-76(70,71)73-61-60-67(3,4)5)62-72-65(68)58-56-54-52-50-48-46-44-42-40-25-23-21-19-17-15-13-11-9-7-2/h8,10,14-17,20-23,26-27,29-30,40,42,64H,6-7,9,11-13,18-19,24-25,28,31-39,41,43-63H2,1-5H3/b10-8-,16-14-,17-15-,22-20-,23-21-,27-26-,30-29-,42-40-. The van der Waals surface area contributed by atoms with Gasteiger partial charge in [0.25, 0.3) is 7.82 Å². The van der Waals surface area contributed by atoms with Crippen molar-refractivity contribution < 1.29 is 42.1 Å². The van der Waals surface area contributed by atoms with Gasteiger partial charge in [0, 0.05) is 12.8 Å². The molecular formula is C66H116NO8P. The molecule has 2 unspecified atom stereocenters. The van der Waals surface area contributed by atoms with Crippen LogP contribution in [0.3, 0.4) is 0 Å². The van der Waals surface area contributed by atoms with Gasteiger partial charge in [-0.2, -0.15) is 0 Å². The molecule has 0 spiro atoms. The topological polar surface area (TPSA) is 111 Å². The number of likely N-dealkylation sites (N-methyl/N-ethyl adjacent to an activating group) is 1. The Morgan fingerprint density at radius 1 is 0.421 bits per heavy atom. The largest absolute Gasteiger partial charge is 0.756 e. The number of allylic oxidation sites excluding steroid dienone is 16. The van der Waals surface area contributed by atoms with Crippen LogP contribution >= 0.6 is 7.82 Å². The van der Waals surface area contributed by atoms with Crippen LogP contribution in [-0.2, 0) is 32.7 Å². The van der Waals surface area contributed by atoms with Crippen molar-refractivity contribution in [3.05, 3.63) is 97.2 Å². The number of phosphoric ester groups is 1. The molecule has 0 radical (unpaired) electrons. The van der Waals surface area contributed by atoms with Gasteiger partial charge in [0.15, 0.2) is 6.10 Å². The summed E-state index contributed by atoms with van der Waals surface area (Å²) in [5.41, 5.74) is 0. The van der Waals surface area contributed by atoms with E-state index in [2.05, 4.69) is 111 Å². The zero-order chi connectivity index (χ0) is 55.6. The van der Waals surface area contributed by atoms with Crippen molar-refractivity contribution in [2.75, 3.05) is 47.5 Å². The Hall–Kier alpha value is -3.07. The molecule has 0 bridgehead atoms.